The van der Waals surface area contributed by atoms with Crippen molar-refractivity contribution in [3.63, 3.8) is 0 Å². The van der Waals surface area contributed by atoms with Crippen molar-refractivity contribution in [2.24, 2.45) is 5.92 Å². The molecule has 1 aromatic heterocycles. The summed E-state index contributed by atoms with van der Waals surface area (Å²) in [5.41, 5.74) is 1.19. The summed E-state index contributed by atoms with van der Waals surface area (Å²) >= 11 is 0. The van der Waals surface area contributed by atoms with E-state index in [9.17, 15) is 4.79 Å². The Hall–Kier alpha value is -1.50. The Balaban J connectivity index is 1.23. The molecule has 3 fully saturated rings. The first kappa shape index (κ1) is 17.9. The van der Waals surface area contributed by atoms with E-state index < -0.39 is 0 Å². The fourth-order valence-corrected chi connectivity index (χ4v) is 4.50. The second-order valence-electron chi connectivity index (χ2n) is 7.68. The van der Waals surface area contributed by atoms with E-state index in [-0.39, 0.29) is 18.1 Å². The first-order valence-corrected chi connectivity index (χ1v) is 9.93. The number of carbonyl (C=O) groups excluding carboxylic acids is 1. The molecule has 6 nitrogen and oxygen atoms in total. The van der Waals surface area contributed by atoms with Crippen LogP contribution >= 0.6 is 0 Å². The van der Waals surface area contributed by atoms with Crippen molar-refractivity contribution in [2.75, 3.05) is 32.8 Å². The van der Waals surface area contributed by atoms with Gasteiger partial charge in [0.25, 0.3) is 0 Å². The Kier molecular flexibility index (Phi) is 5.82. The largest absolute Gasteiger partial charge is 0.381 e. The summed E-state index contributed by atoms with van der Waals surface area (Å²) in [6.45, 7) is 4.49. The van der Waals surface area contributed by atoms with Gasteiger partial charge < -0.3 is 14.8 Å². The SMILES string of the molecule is O=C(NCCc1ccncc1)[C@@H]1C[C@H]2CCN(C3CCOCC3)C[C@@H]2O1. The van der Waals surface area contributed by atoms with Gasteiger partial charge in [-0.2, -0.15) is 0 Å². The summed E-state index contributed by atoms with van der Waals surface area (Å²) in [7, 11) is 0. The lowest BCUT2D eigenvalue weighted by molar-refractivity contribution is -0.133. The molecule has 4 rings (SSSR count). The average Bonchev–Trinajstić information content (AvgIpc) is 3.13. The summed E-state index contributed by atoms with van der Waals surface area (Å²) < 4.78 is 11.6. The maximum atomic E-state index is 12.5. The number of nitrogens with one attached hydrogen (secondary N) is 1. The molecule has 0 aromatic carbocycles. The van der Waals surface area contributed by atoms with Gasteiger partial charge in [-0.1, -0.05) is 0 Å². The third-order valence-corrected chi connectivity index (χ3v) is 6.05. The molecule has 0 spiro atoms. The van der Waals surface area contributed by atoms with Crippen molar-refractivity contribution >= 4 is 5.91 Å². The number of piperidine rings is 1. The minimum absolute atomic E-state index is 0.0473. The van der Waals surface area contributed by atoms with Crippen molar-refractivity contribution in [1.82, 2.24) is 15.2 Å². The Bertz CT molecular complexity index is 591. The number of nitrogens with zero attached hydrogens (tertiary/aromatic N) is 2. The van der Waals surface area contributed by atoms with Gasteiger partial charge in [0.15, 0.2) is 0 Å². The lowest BCUT2D eigenvalue weighted by atomic mass is 9.90. The normalized spacial score (nSPS) is 30.1. The highest BCUT2D eigenvalue weighted by atomic mass is 16.5. The quantitative estimate of drug-likeness (QED) is 0.861. The van der Waals surface area contributed by atoms with Crippen LogP contribution in [-0.2, 0) is 20.7 Å². The van der Waals surface area contributed by atoms with Gasteiger partial charge in [0, 0.05) is 44.7 Å². The van der Waals surface area contributed by atoms with E-state index in [0.29, 0.717) is 18.5 Å². The van der Waals surface area contributed by atoms with Crippen molar-refractivity contribution in [2.45, 2.75) is 50.4 Å². The zero-order chi connectivity index (χ0) is 17.8. The van der Waals surface area contributed by atoms with Crippen molar-refractivity contribution in [3.8, 4) is 0 Å². The molecule has 3 aliphatic rings. The molecule has 6 heteroatoms. The van der Waals surface area contributed by atoms with Gasteiger partial charge in [0.2, 0.25) is 5.91 Å². The van der Waals surface area contributed by atoms with Crippen LogP contribution in [0, 0.1) is 5.92 Å². The van der Waals surface area contributed by atoms with Gasteiger partial charge in [0.05, 0.1) is 6.10 Å². The second kappa shape index (κ2) is 8.46. The highest BCUT2D eigenvalue weighted by molar-refractivity contribution is 5.81. The van der Waals surface area contributed by atoms with Crippen molar-refractivity contribution in [1.29, 1.82) is 0 Å². The molecule has 142 valence electrons. The topological polar surface area (TPSA) is 63.7 Å². The van der Waals surface area contributed by atoms with Crippen LogP contribution in [0.4, 0.5) is 0 Å². The van der Waals surface area contributed by atoms with Crippen LogP contribution in [-0.4, -0.2) is 66.9 Å². The monoisotopic (exact) mass is 359 g/mol. The fraction of sp³-hybridized carbons (Fsp3) is 0.700. The Morgan fingerprint density at radius 2 is 2.04 bits per heavy atom. The molecule has 0 saturated carbocycles. The van der Waals surface area contributed by atoms with E-state index in [1.165, 1.54) is 5.56 Å². The molecule has 3 aliphatic heterocycles. The summed E-state index contributed by atoms with van der Waals surface area (Å²) in [6, 6.07) is 4.59. The zero-order valence-electron chi connectivity index (χ0n) is 15.3. The second-order valence-corrected chi connectivity index (χ2v) is 7.68. The number of ether oxygens (including phenoxy) is 2. The van der Waals surface area contributed by atoms with E-state index in [0.717, 1.165) is 58.4 Å². The molecule has 1 N–H and O–H groups in total. The fourth-order valence-electron chi connectivity index (χ4n) is 4.50. The standard InChI is InChI=1S/C20H29N3O3/c24-20(22-9-3-15-1-7-21-8-2-15)18-13-16-4-10-23(14-19(16)26-18)17-5-11-25-12-6-17/h1-2,7-8,16-19H,3-6,9-14H2,(H,22,24)/t16-,18+,19+/m1/s1. The van der Waals surface area contributed by atoms with E-state index in [4.69, 9.17) is 9.47 Å². The molecular formula is C20H29N3O3. The van der Waals surface area contributed by atoms with Crippen molar-refractivity contribution < 1.29 is 14.3 Å². The van der Waals surface area contributed by atoms with Crippen LogP contribution < -0.4 is 5.32 Å². The maximum absolute atomic E-state index is 12.5. The van der Waals surface area contributed by atoms with Gasteiger partial charge in [-0.05, 0) is 62.3 Å². The number of hydrogen-bond acceptors (Lipinski definition) is 5. The summed E-state index contributed by atoms with van der Waals surface area (Å²) in [5, 5.41) is 3.04. The van der Waals surface area contributed by atoms with Gasteiger partial charge >= 0.3 is 0 Å². The summed E-state index contributed by atoms with van der Waals surface area (Å²) in [4.78, 5) is 19.1. The number of rotatable bonds is 5. The van der Waals surface area contributed by atoms with E-state index >= 15 is 0 Å². The number of aromatic nitrogens is 1. The first-order chi connectivity index (χ1) is 12.8. The van der Waals surface area contributed by atoms with Crippen LogP contribution in [0.2, 0.25) is 0 Å². The molecule has 4 heterocycles. The number of fused-ring (bicyclic) bond motifs is 1. The highest BCUT2D eigenvalue weighted by Crippen LogP contribution is 2.34. The molecule has 0 aliphatic carbocycles. The van der Waals surface area contributed by atoms with E-state index in [1.54, 1.807) is 12.4 Å². The zero-order valence-corrected chi connectivity index (χ0v) is 15.3. The molecule has 1 aromatic rings. The Labute approximate surface area is 155 Å². The first-order valence-electron chi connectivity index (χ1n) is 9.93. The predicted molar refractivity (Wildman–Crippen MR) is 97.7 cm³/mol. The summed E-state index contributed by atoms with van der Waals surface area (Å²) in [5.74, 6) is 0.577. The number of carbonyl (C=O) groups is 1. The molecule has 0 radical (unpaired) electrons. The van der Waals surface area contributed by atoms with E-state index in [1.807, 2.05) is 12.1 Å². The maximum Gasteiger partial charge on any atom is 0.249 e. The number of likely N-dealkylation sites (tertiary alicyclic amines) is 1. The van der Waals surface area contributed by atoms with Crippen LogP contribution in [0.1, 0.15) is 31.2 Å². The van der Waals surface area contributed by atoms with Crippen LogP contribution in [0.15, 0.2) is 24.5 Å². The van der Waals surface area contributed by atoms with Gasteiger partial charge in [0.1, 0.15) is 6.10 Å². The van der Waals surface area contributed by atoms with E-state index in [2.05, 4.69) is 15.2 Å². The third-order valence-electron chi connectivity index (χ3n) is 6.05. The Morgan fingerprint density at radius 1 is 1.23 bits per heavy atom. The lowest BCUT2D eigenvalue weighted by Gasteiger charge is -2.40. The molecule has 0 unspecified atom stereocenters. The van der Waals surface area contributed by atoms with Gasteiger partial charge in [-0.25, -0.2) is 0 Å². The minimum atomic E-state index is -0.280. The molecule has 3 saturated heterocycles. The Morgan fingerprint density at radius 3 is 2.85 bits per heavy atom. The number of pyridine rings is 1. The van der Waals surface area contributed by atoms with Gasteiger partial charge in [-0.3, -0.25) is 14.7 Å². The van der Waals surface area contributed by atoms with Crippen LogP contribution in [0.5, 0.6) is 0 Å². The molecule has 3 atom stereocenters. The third kappa shape index (κ3) is 4.24. The smallest absolute Gasteiger partial charge is 0.249 e. The minimum Gasteiger partial charge on any atom is -0.381 e. The number of hydrogen-bond donors (Lipinski definition) is 1. The molecular weight excluding hydrogens is 330 g/mol. The molecule has 1 amide bonds. The summed E-state index contributed by atoms with van der Waals surface area (Å²) in [6.07, 6.45) is 8.58. The van der Waals surface area contributed by atoms with Crippen LogP contribution in [0.3, 0.4) is 0 Å². The predicted octanol–water partition coefficient (Wildman–Crippen LogP) is 1.40. The van der Waals surface area contributed by atoms with Crippen molar-refractivity contribution in [3.05, 3.63) is 30.1 Å². The molecule has 26 heavy (non-hydrogen) atoms. The molecule has 0 bridgehead atoms. The highest BCUT2D eigenvalue weighted by Gasteiger charge is 2.42. The number of amides is 1. The van der Waals surface area contributed by atoms with Crippen LogP contribution in [0.25, 0.3) is 0 Å². The lowest BCUT2D eigenvalue weighted by Crippen LogP contribution is -2.49. The van der Waals surface area contributed by atoms with Gasteiger partial charge in [-0.15, -0.1) is 0 Å². The average molecular weight is 359 g/mol.